The van der Waals surface area contributed by atoms with Crippen LogP contribution in [-0.2, 0) is 9.59 Å². The maximum absolute atomic E-state index is 10.2. The van der Waals surface area contributed by atoms with Gasteiger partial charge in [0.05, 0.1) is 0 Å². The van der Waals surface area contributed by atoms with Gasteiger partial charge in [-0.3, -0.25) is 14.6 Å². The Balaban J connectivity index is 2.94. The number of hydrogen-bond donors (Lipinski definition) is 0. The summed E-state index contributed by atoms with van der Waals surface area (Å²) in [6.07, 6.45) is 5.48. The fourth-order valence-electron chi connectivity index (χ4n) is 0.580. The summed E-state index contributed by atoms with van der Waals surface area (Å²) in [5, 5.41) is 0. The molecule has 0 aliphatic carbocycles. The predicted octanol–water partition coefficient (Wildman–Crippen LogP) is -0.236. The van der Waals surface area contributed by atoms with Gasteiger partial charge in [0, 0.05) is 6.21 Å². The lowest BCUT2D eigenvalue weighted by Gasteiger charge is -2.03. The molecule has 1 heterocycles. The van der Waals surface area contributed by atoms with Gasteiger partial charge >= 0.3 is 0 Å². The van der Waals surface area contributed by atoms with Crippen molar-refractivity contribution in [2.75, 3.05) is 0 Å². The molecular formula is C6H5NO2. The highest BCUT2D eigenvalue weighted by Gasteiger charge is 2.25. The second-order valence-electron chi connectivity index (χ2n) is 1.76. The quantitative estimate of drug-likeness (QED) is 0.376. The molecule has 0 atom stereocenters. The van der Waals surface area contributed by atoms with Crippen LogP contribution < -0.4 is 0 Å². The molecule has 9 heavy (non-hydrogen) atoms. The zero-order valence-electron chi connectivity index (χ0n) is 4.65. The number of rotatable bonds is 2. The number of aldehydes is 2. The average Bonchev–Trinajstić information content (AvgIpc) is 2.36. The molecule has 0 aromatic heterocycles. The van der Waals surface area contributed by atoms with E-state index in [9.17, 15) is 9.59 Å². The van der Waals surface area contributed by atoms with E-state index in [1.807, 2.05) is 0 Å². The van der Waals surface area contributed by atoms with Crippen molar-refractivity contribution in [1.82, 2.24) is 0 Å². The largest absolute Gasteiger partial charge is 0.300 e. The lowest BCUT2D eigenvalue weighted by atomic mass is 10.1. The summed E-state index contributed by atoms with van der Waals surface area (Å²) >= 11 is 0. The number of allylic oxidation sites excluding steroid dienone is 1. The minimum Gasteiger partial charge on any atom is -0.300 e. The first kappa shape index (κ1) is 5.88. The highest BCUT2D eigenvalue weighted by atomic mass is 16.1. The minimum absolute atomic E-state index is 0.514. The Morgan fingerprint density at radius 1 is 1.33 bits per heavy atom. The summed E-state index contributed by atoms with van der Waals surface area (Å²) in [6.45, 7) is 0. The molecule has 0 bridgehead atoms. The number of nitrogens with zero attached hydrogens (tertiary/aromatic N) is 1. The smallest absolute Gasteiger partial charge is 0.189 e. The first-order valence-corrected chi connectivity index (χ1v) is 2.49. The van der Waals surface area contributed by atoms with Crippen molar-refractivity contribution in [3.05, 3.63) is 12.2 Å². The number of carbonyl (C=O) groups is 2. The fourth-order valence-corrected chi connectivity index (χ4v) is 0.580. The zero-order valence-corrected chi connectivity index (χ0v) is 4.65. The first-order chi connectivity index (χ1) is 4.33. The van der Waals surface area contributed by atoms with Crippen LogP contribution in [0.1, 0.15) is 0 Å². The van der Waals surface area contributed by atoms with E-state index in [1.165, 1.54) is 12.3 Å². The van der Waals surface area contributed by atoms with E-state index in [-0.39, 0.29) is 0 Å². The molecule has 0 unspecified atom stereocenters. The molecule has 0 radical (unpaired) electrons. The van der Waals surface area contributed by atoms with E-state index in [2.05, 4.69) is 4.99 Å². The van der Waals surface area contributed by atoms with Crippen LogP contribution in [0.2, 0.25) is 0 Å². The predicted molar refractivity (Wildman–Crippen MR) is 32.5 cm³/mol. The van der Waals surface area contributed by atoms with Gasteiger partial charge in [-0.25, -0.2) is 0 Å². The molecule has 1 aliphatic heterocycles. The van der Waals surface area contributed by atoms with E-state index in [0.717, 1.165) is 0 Å². The number of aliphatic imine (C=N–C) groups is 1. The SMILES string of the molecule is O=CC1(C=O)C=CC=N1. The highest BCUT2D eigenvalue weighted by Crippen LogP contribution is 2.09. The van der Waals surface area contributed by atoms with Crippen molar-refractivity contribution in [3.63, 3.8) is 0 Å². The van der Waals surface area contributed by atoms with Crippen molar-refractivity contribution >= 4 is 18.8 Å². The lowest BCUT2D eigenvalue weighted by Crippen LogP contribution is -2.25. The van der Waals surface area contributed by atoms with E-state index in [4.69, 9.17) is 0 Å². The molecule has 3 nitrogen and oxygen atoms in total. The van der Waals surface area contributed by atoms with Crippen LogP contribution in [0, 0.1) is 0 Å². The summed E-state index contributed by atoms with van der Waals surface area (Å²) in [7, 11) is 0. The van der Waals surface area contributed by atoms with Gasteiger partial charge in [0.25, 0.3) is 0 Å². The summed E-state index contributed by atoms with van der Waals surface area (Å²) in [5.41, 5.74) is -1.19. The molecule has 46 valence electrons. The van der Waals surface area contributed by atoms with Crippen LogP contribution in [0.5, 0.6) is 0 Å². The van der Waals surface area contributed by atoms with Crippen LogP contribution in [0.4, 0.5) is 0 Å². The molecule has 1 aliphatic rings. The summed E-state index contributed by atoms with van der Waals surface area (Å²) in [6, 6.07) is 0. The second-order valence-corrected chi connectivity index (χ2v) is 1.76. The molecule has 0 fully saturated rings. The molecule has 0 amide bonds. The molecule has 0 saturated carbocycles. The Labute approximate surface area is 52.1 Å². The molecule has 0 aromatic rings. The Hall–Kier alpha value is -1.25. The zero-order chi connectivity index (χ0) is 6.74. The molecule has 0 N–H and O–H groups in total. The molecule has 1 rings (SSSR count). The standard InChI is InChI=1S/C6H5NO2/c8-4-6(5-9)2-1-3-7-6/h1-5H. The van der Waals surface area contributed by atoms with Crippen molar-refractivity contribution in [3.8, 4) is 0 Å². The van der Waals surface area contributed by atoms with Gasteiger partial charge in [-0.05, 0) is 12.2 Å². The third-order valence-corrected chi connectivity index (χ3v) is 1.12. The normalized spacial score (nSPS) is 20.0. The molecule has 0 aromatic carbocycles. The summed E-state index contributed by atoms with van der Waals surface area (Å²) in [5.74, 6) is 0. The van der Waals surface area contributed by atoms with Crippen molar-refractivity contribution in [2.24, 2.45) is 4.99 Å². The maximum atomic E-state index is 10.2. The van der Waals surface area contributed by atoms with Gasteiger partial charge < -0.3 is 0 Å². The number of carbonyl (C=O) groups excluding carboxylic acids is 2. The Kier molecular flexibility index (Phi) is 1.26. The maximum Gasteiger partial charge on any atom is 0.189 e. The van der Waals surface area contributed by atoms with Gasteiger partial charge in [-0.1, -0.05) is 0 Å². The van der Waals surface area contributed by atoms with Crippen molar-refractivity contribution in [2.45, 2.75) is 5.54 Å². The summed E-state index contributed by atoms with van der Waals surface area (Å²) in [4.78, 5) is 24.0. The van der Waals surface area contributed by atoms with Crippen LogP contribution >= 0.6 is 0 Å². The second kappa shape index (κ2) is 1.93. The van der Waals surface area contributed by atoms with E-state index < -0.39 is 5.54 Å². The van der Waals surface area contributed by atoms with Crippen LogP contribution in [0.15, 0.2) is 17.1 Å². The lowest BCUT2D eigenvalue weighted by molar-refractivity contribution is -0.118. The minimum atomic E-state index is -1.19. The molecule has 0 spiro atoms. The van der Waals surface area contributed by atoms with Crippen LogP contribution in [0.25, 0.3) is 0 Å². The number of hydrogen-bond acceptors (Lipinski definition) is 3. The van der Waals surface area contributed by atoms with Gasteiger partial charge in [0.2, 0.25) is 0 Å². The van der Waals surface area contributed by atoms with E-state index in [1.54, 1.807) is 6.08 Å². The Morgan fingerprint density at radius 3 is 2.22 bits per heavy atom. The monoisotopic (exact) mass is 123 g/mol. The topological polar surface area (TPSA) is 46.5 Å². The molecular weight excluding hydrogens is 118 g/mol. The first-order valence-electron chi connectivity index (χ1n) is 2.49. The van der Waals surface area contributed by atoms with E-state index in [0.29, 0.717) is 12.6 Å². The van der Waals surface area contributed by atoms with Crippen LogP contribution in [-0.4, -0.2) is 24.3 Å². The van der Waals surface area contributed by atoms with Gasteiger partial charge in [0.15, 0.2) is 18.1 Å². The van der Waals surface area contributed by atoms with Gasteiger partial charge in [0.1, 0.15) is 0 Å². The molecule has 3 heteroatoms. The summed E-state index contributed by atoms with van der Waals surface area (Å²) < 4.78 is 0. The van der Waals surface area contributed by atoms with Gasteiger partial charge in [-0.2, -0.15) is 0 Å². The Morgan fingerprint density at radius 2 is 2.00 bits per heavy atom. The Bertz CT molecular complexity index is 171. The fraction of sp³-hybridized carbons (Fsp3) is 0.167. The van der Waals surface area contributed by atoms with Gasteiger partial charge in [-0.15, -0.1) is 0 Å². The third-order valence-electron chi connectivity index (χ3n) is 1.12. The van der Waals surface area contributed by atoms with Crippen molar-refractivity contribution in [1.29, 1.82) is 0 Å². The third kappa shape index (κ3) is 0.806. The van der Waals surface area contributed by atoms with Crippen LogP contribution in [0.3, 0.4) is 0 Å². The highest BCUT2D eigenvalue weighted by molar-refractivity contribution is 5.98. The van der Waals surface area contributed by atoms with Crippen molar-refractivity contribution < 1.29 is 9.59 Å². The average molecular weight is 123 g/mol. The molecule has 0 saturated heterocycles. The van der Waals surface area contributed by atoms with E-state index >= 15 is 0 Å².